The number of carbonyl (C=O) groups excluding carboxylic acids is 1. The minimum Gasteiger partial charge on any atom is -0.392 e. The Labute approximate surface area is 108 Å². The molecule has 0 saturated carbocycles. The van der Waals surface area contributed by atoms with E-state index in [1.807, 2.05) is 0 Å². The largest absolute Gasteiger partial charge is 0.392 e. The number of amides is 1. The van der Waals surface area contributed by atoms with Crippen molar-refractivity contribution >= 4 is 32.4 Å². The lowest BCUT2D eigenvalue weighted by molar-refractivity contribution is -0.114. The third-order valence-corrected chi connectivity index (χ3v) is 5.43. The van der Waals surface area contributed by atoms with Crippen molar-refractivity contribution < 1.29 is 18.3 Å². The molecule has 100 valence electrons. The van der Waals surface area contributed by atoms with Crippen molar-refractivity contribution in [3.63, 3.8) is 0 Å². The van der Waals surface area contributed by atoms with Crippen LogP contribution in [0.25, 0.3) is 0 Å². The van der Waals surface area contributed by atoms with Crippen molar-refractivity contribution in [2.24, 2.45) is 0 Å². The van der Waals surface area contributed by atoms with E-state index in [-0.39, 0.29) is 28.5 Å². The molecule has 18 heavy (non-hydrogen) atoms. The van der Waals surface area contributed by atoms with Gasteiger partial charge in [0, 0.05) is 20.0 Å². The Morgan fingerprint density at radius 1 is 1.56 bits per heavy atom. The van der Waals surface area contributed by atoms with Gasteiger partial charge in [-0.2, -0.15) is 4.31 Å². The lowest BCUT2D eigenvalue weighted by Crippen LogP contribution is -2.29. The predicted molar refractivity (Wildman–Crippen MR) is 63.6 cm³/mol. The summed E-state index contributed by atoms with van der Waals surface area (Å²) in [7, 11) is -3.72. The molecule has 1 aliphatic heterocycles. The molecule has 1 fully saturated rings. The molecule has 0 radical (unpaired) electrons. The summed E-state index contributed by atoms with van der Waals surface area (Å²) < 4.78 is 25.2. The number of nitrogens with one attached hydrogen (secondary N) is 1. The zero-order valence-electron chi connectivity index (χ0n) is 9.53. The molecular weight excluding hydrogens is 280 g/mol. The van der Waals surface area contributed by atoms with Crippen molar-refractivity contribution in [3.8, 4) is 0 Å². The number of nitrogens with zero attached hydrogens (tertiary/aromatic N) is 3. The van der Waals surface area contributed by atoms with Crippen molar-refractivity contribution in [2.45, 2.75) is 23.8 Å². The van der Waals surface area contributed by atoms with Gasteiger partial charge in [-0.3, -0.25) is 4.79 Å². The molecule has 1 saturated heterocycles. The fraction of sp³-hybridized carbons (Fsp3) is 0.625. The molecule has 1 amide bonds. The van der Waals surface area contributed by atoms with E-state index >= 15 is 0 Å². The summed E-state index contributed by atoms with van der Waals surface area (Å²) in [5, 5.41) is 19.0. The number of β-amino-alcohol motifs (C(OH)–C–C–N with tert-alkyl or cyclic N) is 1. The van der Waals surface area contributed by atoms with Crippen LogP contribution in [0.4, 0.5) is 5.13 Å². The lowest BCUT2D eigenvalue weighted by Gasteiger charge is -2.12. The fourth-order valence-electron chi connectivity index (χ4n) is 1.55. The van der Waals surface area contributed by atoms with E-state index in [4.69, 9.17) is 0 Å². The Bertz CT molecular complexity index is 555. The molecule has 1 aliphatic rings. The van der Waals surface area contributed by atoms with Gasteiger partial charge < -0.3 is 10.4 Å². The Morgan fingerprint density at radius 2 is 2.28 bits per heavy atom. The number of aliphatic hydroxyl groups excluding tert-OH is 1. The Kier molecular flexibility index (Phi) is 3.61. The second-order valence-electron chi connectivity index (χ2n) is 3.86. The highest BCUT2D eigenvalue weighted by Gasteiger charge is 2.34. The molecule has 0 bridgehead atoms. The SMILES string of the molecule is CC(=O)Nc1nnc(S(=O)(=O)N2CC[C@H](O)C2)s1. The average Bonchev–Trinajstić information content (AvgIpc) is 2.86. The molecule has 0 unspecified atom stereocenters. The normalized spacial score (nSPS) is 21.1. The van der Waals surface area contributed by atoms with Crippen LogP contribution in [0.3, 0.4) is 0 Å². The first kappa shape index (κ1) is 13.3. The number of carbonyl (C=O) groups is 1. The average molecular weight is 292 g/mol. The van der Waals surface area contributed by atoms with Crippen molar-refractivity contribution in [3.05, 3.63) is 0 Å². The van der Waals surface area contributed by atoms with E-state index < -0.39 is 16.1 Å². The summed E-state index contributed by atoms with van der Waals surface area (Å²) in [5.74, 6) is -0.341. The Balaban J connectivity index is 2.20. The van der Waals surface area contributed by atoms with Gasteiger partial charge in [0.2, 0.25) is 15.4 Å². The van der Waals surface area contributed by atoms with E-state index in [1.165, 1.54) is 6.92 Å². The Hall–Kier alpha value is -1.10. The molecule has 1 atom stereocenters. The fourth-order valence-corrected chi connectivity index (χ4v) is 4.13. The first-order valence-corrected chi connectivity index (χ1v) is 7.44. The van der Waals surface area contributed by atoms with Gasteiger partial charge in [-0.15, -0.1) is 10.2 Å². The van der Waals surface area contributed by atoms with E-state index in [9.17, 15) is 18.3 Å². The van der Waals surface area contributed by atoms with E-state index in [2.05, 4.69) is 15.5 Å². The zero-order valence-corrected chi connectivity index (χ0v) is 11.2. The quantitative estimate of drug-likeness (QED) is 0.709. The number of aromatic nitrogens is 2. The molecule has 0 spiro atoms. The van der Waals surface area contributed by atoms with E-state index in [1.54, 1.807) is 0 Å². The maximum absolute atomic E-state index is 12.1. The highest BCUT2D eigenvalue weighted by molar-refractivity contribution is 7.91. The van der Waals surface area contributed by atoms with Gasteiger partial charge in [0.25, 0.3) is 10.0 Å². The minimum atomic E-state index is -3.72. The van der Waals surface area contributed by atoms with Gasteiger partial charge in [0.05, 0.1) is 6.10 Å². The maximum atomic E-state index is 12.1. The number of hydrogen-bond donors (Lipinski definition) is 2. The van der Waals surface area contributed by atoms with E-state index in [0.717, 1.165) is 15.6 Å². The van der Waals surface area contributed by atoms with Crippen LogP contribution in [0.1, 0.15) is 13.3 Å². The van der Waals surface area contributed by atoms with Crippen LogP contribution < -0.4 is 5.32 Å². The van der Waals surface area contributed by atoms with Crippen LogP contribution in [-0.4, -0.2) is 53.1 Å². The van der Waals surface area contributed by atoms with Gasteiger partial charge in [-0.05, 0) is 6.42 Å². The summed E-state index contributed by atoms with van der Waals surface area (Å²) in [6.45, 7) is 1.63. The molecule has 0 aliphatic carbocycles. The molecule has 10 heteroatoms. The van der Waals surface area contributed by atoms with E-state index in [0.29, 0.717) is 6.42 Å². The van der Waals surface area contributed by atoms with Gasteiger partial charge in [-0.1, -0.05) is 11.3 Å². The van der Waals surface area contributed by atoms with Crippen LogP contribution in [0.2, 0.25) is 0 Å². The van der Waals surface area contributed by atoms with Crippen molar-refractivity contribution in [2.75, 3.05) is 18.4 Å². The number of sulfonamides is 1. The van der Waals surface area contributed by atoms with Gasteiger partial charge >= 0.3 is 0 Å². The van der Waals surface area contributed by atoms with Crippen molar-refractivity contribution in [1.82, 2.24) is 14.5 Å². The second-order valence-corrected chi connectivity index (χ2v) is 6.95. The summed E-state index contributed by atoms with van der Waals surface area (Å²) in [6.07, 6.45) is -0.223. The Morgan fingerprint density at radius 3 is 2.83 bits per heavy atom. The highest BCUT2D eigenvalue weighted by atomic mass is 32.2. The standard InChI is InChI=1S/C8H12N4O4S2/c1-5(13)9-7-10-11-8(17-7)18(15,16)12-3-2-6(14)4-12/h6,14H,2-4H2,1H3,(H,9,10,13)/t6-/m0/s1. The molecule has 2 N–H and O–H groups in total. The van der Waals surface area contributed by atoms with Gasteiger partial charge in [0.1, 0.15) is 0 Å². The third-order valence-electron chi connectivity index (χ3n) is 2.38. The molecule has 8 nitrogen and oxygen atoms in total. The van der Waals surface area contributed by atoms with Crippen LogP contribution in [0.15, 0.2) is 4.34 Å². The number of aliphatic hydroxyl groups is 1. The van der Waals surface area contributed by atoms with Crippen LogP contribution in [0, 0.1) is 0 Å². The summed E-state index contributed by atoms with van der Waals surface area (Å²) in [5.41, 5.74) is 0. The number of rotatable bonds is 3. The van der Waals surface area contributed by atoms with Crippen LogP contribution in [-0.2, 0) is 14.8 Å². The molecule has 2 rings (SSSR count). The molecule has 1 aromatic rings. The first-order chi connectivity index (χ1) is 8.39. The van der Waals surface area contributed by atoms with Crippen LogP contribution in [0.5, 0.6) is 0 Å². The van der Waals surface area contributed by atoms with Crippen LogP contribution >= 0.6 is 11.3 Å². The summed E-state index contributed by atoms with van der Waals surface area (Å²) >= 11 is 0.791. The first-order valence-electron chi connectivity index (χ1n) is 5.19. The molecule has 1 aromatic heterocycles. The molecule has 2 heterocycles. The lowest BCUT2D eigenvalue weighted by atomic mass is 10.3. The maximum Gasteiger partial charge on any atom is 0.272 e. The molecular formula is C8H12N4O4S2. The number of hydrogen-bond acceptors (Lipinski definition) is 7. The second kappa shape index (κ2) is 4.88. The summed E-state index contributed by atoms with van der Waals surface area (Å²) in [4.78, 5) is 10.8. The summed E-state index contributed by atoms with van der Waals surface area (Å²) in [6, 6.07) is 0. The number of anilines is 1. The van der Waals surface area contributed by atoms with Crippen molar-refractivity contribution in [1.29, 1.82) is 0 Å². The molecule has 0 aromatic carbocycles. The predicted octanol–water partition coefficient (Wildman–Crippen LogP) is -0.748. The topological polar surface area (TPSA) is 112 Å². The monoisotopic (exact) mass is 292 g/mol. The smallest absolute Gasteiger partial charge is 0.272 e. The zero-order chi connectivity index (χ0) is 13.3. The van der Waals surface area contributed by atoms with Gasteiger partial charge in [0.15, 0.2) is 0 Å². The highest BCUT2D eigenvalue weighted by Crippen LogP contribution is 2.25. The minimum absolute atomic E-state index is 0.0668. The third kappa shape index (κ3) is 2.66. The van der Waals surface area contributed by atoms with Gasteiger partial charge in [-0.25, -0.2) is 8.42 Å².